The van der Waals surface area contributed by atoms with Gasteiger partial charge in [-0.3, -0.25) is 9.59 Å². The van der Waals surface area contributed by atoms with E-state index in [0.717, 1.165) is 0 Å². The van der Waals surface area contributed by atoms with E-state index in [1.54, 1.807) is 18.2 Å². The number of anilines is 1. The van der Waals surface area contributed by atoms with Gasteiger partial charge in [-0.25, -0.2) is 0 Å². The van der Waals surface area contributed by atoms with Gasteiger partial charge in [-0.05, 0) is 37.0 Å². The van der Waals surface area contributed by atoms with E-state index in [0.29, 0.717) is 41.0 Å². The molecule has 2 N–H and O–H groups in total. The van der Waals surface area contributed by atoms with E-state index >= 15 is 0 Å². The molecule has 1 aromatic carbocycles. The van der Waals surface area contributed by atoms with Crippen molar-refractivity contribution in [3.63, 3.8) is 0 Å². The average Bonchev–Trinajstić information content (AvgIpc) is 3.21. The molecule has 0 atom stereocenters. The molecular weight excluding hydrogens is 311 g/mol. The molecule has 0 spiro atoms. The van der Waals surface area contributed by atoms with Crippen LogP contribution in [0.15, 0.2) is 18.2 Å². The highest BCUT2D eigenvalue weighted by Gasteiger charge is 2.56. The van der Waals surface area contributed by atoms with Crippen LogP contribution in [0.3, 0.4) is 0 Å². The summed E-state index contributed by atoms with van der Waals surface area (Å²) in [4.78, 5) is 24.6. The summed E-state index contributed by atoms with van der Waals surface area (Å²) in [5, 5.41) is 6.40. The molecule has 0 heterocycles. The molecule has 1 aromatic rings. The Morgan fingerprint density at radius 3 is 2.48 bits per heavy atom. The molecule has 1 aliphatic rings. The van der Waals surface area contributed by atoms with Gasteiger partial charge in [0.2, 0.25) is 11.8 Å². The summed E-state index contributed by atoms with van der Waals surface area (Å²) in [6.45, 7) is 4.57. The van der Waals surface area contributed by atoms with Gasteiger partial charge in [-0.1, -0.05) is 37.0 Å². The molecule has 6 heteroatoms. The molecule has 1 saturated carbocycles. The fourth-order valence-electron chi connectivity index (χ4n) is 1.98. The van der Waals surface area contributed by atoms with Gasteiger partial charge < -0.3 is 10.6 Å². The summed E-state index contributed by atoms with van der Waals surface area (Å²) in [6, 6.07) is 4.82. The quantitative estimate of drug-likeness (QED) is 0.813. The number of amides is 2. The first-order chi connectivity index (χ1) is 9.85. The van der Waals surface area contributed by atoms with Crippen LogP contribution in [0, 0.1) is 11.3 Å². The highest BCUT2D eigenvalue weighted by molar-refractivity contribution is 6.36. The lowest BCUT2D eigenvalue weighted by atomic mass is 10.0. The Bertz CT molecular complexity index is 569. The van der Waals surface area contributed by atoms with E-state index in [9.17, 15) is 9.59 Å². The van der Waals surface area contributed by atoms with Crippen molar-refractivity contribution in [1.29, 1.82) is 0 Å². The van der Waals surface area contributed by atoms with Crippen LogP contribution >= 0.6 is 23.2 Å². The molecule has 1 fully saturated rings. The number of carbonyl (C=O) groups excluding carboxylic acids is 2. The minimum absolute atomic E-state index is 0.216. The van der Waals surface area contributed by atoms with E-state index in [2.05, 4.69) is 10.6 Å². The minimum Gasteiger partial charge on any atom is -0.355 e. The third kappa shape index (κ3) is 3.69. The number of halogens is 2. The normalized spacial score (nSPS) is 15.7. The summed E-state index contributed by atoms with van der Waals surface area (Å²) in [7, 11) is 0. The van der Waals surface area contributed by atoms with Crippen molar-refractivity contribution in [3.8, 4) is 0 Å². The van der Waals surface area contributed by atoms with Crippen LogP contribution in [0.4, 0.5) is 5.69 Å². The third-order valence-electron chi connectivity index (χ3n) is 3.47. The summed E-state index contributed by atoms with van der Waals surface area (Å²) in [5.74, 6) is -0.199. The lowest BCUT2D eigenvalue weighted by Crippen LogP contribution is -2.41. The Morgan fingerprint density at radius 1 is 1.24 bits per heavy atom. The van der Waals surface area contributed by atoms with Crippen molar-refractivity contribution in [1.82, 2.24) is 5.32 Å². The predicted octanol–water partition coefficient (Wildman–Crippen LogP) is 3.48. The molecule has 0 saturated heterocycles. The van der Waals surface area contributed by atoms with Gasteiger partial charge in [-0.2, -0.15) is 0 Å². The van der Waals surface area contributed by atoms with Crippen LogP contribution in [0.25, 0.3) is 0 Å². The Hall–Kier alpha value is -1.26. The van der Waals surface area contributed by atoms with Crippen molar-refractivity contribution in [2.75, 3.05) is 11.9 Å². The number of carbonyl (C=O) groups is 2. The van der Waals surface area contributed by atoms with Gasteiger partial charge in [0.25, 0.3) is 0 Å². The maximum atomic E-state index is 12.4. The van der Waals surface area contributed by atoms with Crippen LogP contribution in [-0.2, 0) is 9.59 Å². The largest absolute Gasteiger partial charge is 0.355 e. The van der Waals surface area contributed by atoms with Gasteiger partial charge in [0.15, 0.2) is 0 Å². The summed E-state index contributed by atoms with van der Waals surface area (Å²) in [6.07, 6.45) is 1.11. The standard InChI is InChI=1S/C15H18Cl2N2O2/c1-9(2)8-18-13(20)15(5-6-15)14(21)19-12-7-10(16)3-4-11(12)17/h3-4,7,9H,5-6,8H2,1-2H3,(H,18,20)(H,19,21). The molecule has 21 heavy (non-hydrogen) atoms. The molecule has 1 aliphatic carbocycles. The highest BCUT2D eigenvalue weighted by Crippen LogP contribution is 2.47. The zero-order chi connectivity index (χ0) is 15.6. The first-order valence-electron chi connectivity index (χ1n) is 6.90. The SMILES string of the molecule is CC(C)CNC(=O)C1(C(=O)Nc2cc(Cl)ccc2Cl)CC1. The summed E-state index contributed by atoms with van der Waals surface area (Å²) in [5.41, 5.74) is -0.530. The summed E-state index contributed by atoms with van der Waals surface area (Å²) >= 11 is 11.9. The van der Waals surface area contributed by atoms with Crippen molar-refractivity contribution in [2.45, 2.75) is 26.7 Å². The number of hydrogen-bond donors (Lipinski definition) is 2. The van der Waals surface area contributed by atoms with Gasteiger partial charge in [0.1, 0.15) is 5.41 Å². The van der Waals surface area contributed by atoms with Gasteiger partial charge in [-0.15, -0.1) is 0 Å². The Balaban J connectivity index is 2.06. The Morgan fingerprint density at radius 2 is 1.90 bits per heavy atom. The van der Waals surface area contributed by atoms with E-state index in [4.69, 9.17) is 23.2 Å². The van der Waals surface area contributed by atoms with Crippen molar-refractivity contribution >= 4 is 40.7 Å². The van der Waals surface area contributed by atoms with E-state index in [1.165, 1.54) is 0 Å². The van der Waals surface area contributed by atoms with Crippen LogP contribution in [0.5, 0.6) is 0 Å². The zero-order valence-corrected chi connectivity index (χ0v) is 13.5. The van der Waals surface area contributed by atoms with Gasteiger partial charge in [0, 0.05) is 11.6 Å². The minimum atomic E-state index is -0.958. The Kier molecular flexibility index (Phi) is 4.79. The second-order valence-electron chi connectivity index (χ2n) is 5.76. The van der Waals surface area contributed by atoms with Crippen molar-refractivity contribution in [2.24, 2.45) is 11.3 Å². The second-order valence-corrected chi connectivity index (χ2v) is 6.61. The van der Waals surface area contributed by atoms with Gasteiger partial charge >= 0.3 is 0 Å². The smallest absolute Gasteiger partial charge is 0.240 e. The van der Waals surface area contributed by atoms with Crippen LogP contribution < -0.4 is 10.6 Å². The zero-order valence-electron chi connectivity index (χ0n) is 12.0. The number of hydrogen-bond acceptors (Lipinski definition) is 2. The maximum absolute atomic E-state index is 12.4. The number of nitrogens with one attached hydrogen (secondary N) is 2. The predicted molar refractivity (Wildman–Crippen MR) is 84.6 cm³/mol. The molecule has 114 valence electrons. The molecule has 2 amide bonds. The van der Waals surface area contributed by atoms with E-state index < -0.39 is 5.41 Å². The molecule has 0 unspecified atom stereocenters. The lowest BCUT2D eigenvalue weighted by Gasteiger charge is -2.17. The third-order valence-corrected chi connectivity index (χ3v) is 4.03. The monoisotopic (exact) mass is 328 g/mol. The second kappa shape index (κ2) is 6.24. The van der Waals surface area contributed by atoms with E-state index in [1.807, 2.05) is 13.8 Å². The molecule has 4 nitrogen and oxygen atoms in total. The van der Waals surface area contributed by atoms with Crippen LogP contribution in [-0.4, -0.2) is 18.4 Å². The fraction of sp³-hybridized carbons (Fsp3) is 0.467. The first kappa shape index (κ1) is 16.1. The Labute approximate surface area is 134 Å². The van der Waals surface area contributed by atoms with Crippen molar-refractivity contribution in [3.05, 3.63) is 28.2 Å². The van der Waals surface area contributed by atoms with Crippen molar-refractivity contribution < 1.29 is 9.59 Å². The van der Waals surface area contributed by atoms with E-state index in [-0.39, 0.29) is 11.8 Å². The first-order valence-corrected chi connectivity index (χ1v) is 7.65. The maximum Gasteiger partial charge on any atom is 0.240 e. The van der Waals surface area contributed by atoms with Crippen LogP contribution in [0.2, 0.25) is 10.0 Å². The lowest BCUT2D eigenvalue weighted by molar-refractivity contribution is -0.134. The van der Waals surface area contributed by atoms with Gasteiger partial charge in [0.05, 0.1) is 10.7 Å². The highest BCUT2D eigenvalue weighted by atomic mass is 35.5. The molecule has 0 radical (unpaired) electrons. The molecule has 0 aliphatic heterocycles. The average molecular weight is 329 g/mol. The number of benzene rings is 1. The molecule has 0 aromatic heterocycles. The molecular formula is C15H18Cl2N2O2. The molecule has 2 rings (SSSR count). The van der Waals surface area contributed by atoms with Crippen LogP contribution in [0.1, 0.15) is 26.7 Å². The fourth-order valence-corrected chi connectivity index (χ4v) is 2.32. The summed E-state index contributed by atoms with van der Waals surface area (Å²) < 4.78 is 0. The molecule has 0 bridgehead atoms. The topological polar surface area (TPSA) is 58.2 Å². The number of rotatable bonds is 5.